The molecule has 5 rings (SSSR count). The number of fused-ring (bicyclic) bond motifs is 1. The van der Waals surface area contributed by atoms with Gasteiger partial charge in [0.25, 0.3) is 0 Å². The van der Waals surface area contributed by atoms with E-state index < -0.39 is 12.0 Å². The Morgan fingerprint density at radius 2 is 1.72 bits per heavy atom. The number of amides is 1. The lowest BCUT2D eigenvalue weighted by atomic mass is 9.77. The second kappa shape index (κ2) is 10.5. The van der Waals surface area contributed by atoms with Gasteiger partial charge in [-0.25, -0.2) is 0 Å². The second-order valence-electron chi connectivity index (χ2n) is 11.3. The molecule has 7 heteroatoms. The van der Waals surface area contributed by atoms with E-state index in [0.717, 1.165) is 11.3 Å². The minimum atomic E-state index is -1.04. The van der Waals surface area contributed by atoms with Crippen molar-refractivity contribution in [2.24, 2.45) is 0 Å². The summed E-state index contributed by atoms with van der Waals surface area (Å²) in [5.41, 5.74) is 5.71. The zero-order chi connectivity index (χ0) is 27.7. The van der Waals surface area contributed by atoms with Gasteiger partial charge in [-0.2, -0.15) is 0 Å². The number of carbonyl (C=O) groups excluding carboxylic acids is 2. The molecule has 0 bridgehead atoms. The third-order valence-electron chi connectivity index (χ3n) is 7.56. The Morgan fingerprint density at radius 3 is 2.38 bits per heavy atom. The van der Waals surface area contributed by atoms with Gasteiger partial charge in [0, 0.05) is 36.5 Å². The SMILES string of the molecule is CC(C)(C)c1ccc([C@@H]2CC(=O)C3=C(C2)Nc2ccccc2N(C(=O)CCC(=O)O)[C@@H]3c2cccnc2)cc1. The Bertz CT molecular complexity index is 1440. The first-order chi connectivity index (χ1) is 18.6. The summed E-state index contributed by atoms with van der Waals surface area (Å²) in [7, 11) is 0. The van der Waals surface area contributed by atoms with Crippen LogP contribution >= 0.6 is 0 Å². The molecule has 2 heterocycles. The van der Waals surface area contributed by atoms with E-state index in [0.29, 0.717) is 35.4 Å². The van der Waals surface area contributed by atoms with Gasteiger partial charge in [-0.1, -0.05) is 63.2 Å². The number of aromatic nitrogens is 1. The highest BCUT2D eigenvalue weighted by atomic mass is 16.4. The van der Waals surface area contributed by atoms with Crippen LogP contribution in [0.1, 0.15) is 75.1 Å². The molecule has 1 aliphatic carbocycles. The van der Waals surface area contributed by atoms with Gasteiger partial charge in [-0.05, 0) is 52.6 Å². The predicted octanol–water partition coefficient (Wildman–Crippen LogP) is 6.14. The number of aliphatic carboxylic acids is 1. The zero-order valence-corrected chi connectivity index (χ0v) is 22.5. The third-order valence-corrected chi connectivity index (χ3v) is 7.56. The fourth-order valence-electron chi connectivity index (χ4n) is 5.54. The zero-order valence-electron chi connectivity index (χ0n) is 22.5. The molecule has 2 aliphatic rings. The van der Waals surface area contributed by atoms with Gasteiger partial charge < -0.3 is 10.4 Å². The molecular formula is C32H33N3O4. The van der Waals surface area contributed by atoms with Gasteiger partial charge in [0.1, 0.15) is 0 Å². The number of allylic oxidation sites excluding steroid dienone is 1. The lowest BCUT2D eigenvalue weighted by molar-refractivity contribution is -0.138. The average molecular weight is 524 g/mol. The molecule has 200 valence electrons. The second-order valence-corrected chi connectivity index (χ2v) is 11.3. The first-order valence-corrected chi connectivity index (χ1v) is 13.3. The van der Waals surface area contributed by atoms with Gasteiger partial charge in [-0.15, -0.1) is 0 Å². The van der Waals surface area contributed by atoms with Crippen LogP contribution in [0.4, 0.5) is 11.4 Å². The lowest BCUT2D eigenvalue weighted by Crippen LogP contribution is -2.38. The molecule has 0 unspecified atom stereocenters. The number of carbonyl (C=O) groups is 3. The Balaban J connectivity index is 1.62. The number of hydrogen-bond acceptors (Lipinski definition) is 5. The molecule has 0 radical (unpaired) electrons. The number of hydrogen-bond donors (Lipinski definition) is 2. The van der Waals surface area contributed by atoms with Crippen LogP contribution in [0.3, 0.4) is 0 Å². The largest absolute Gasteiger partial charge is 0.481 e. The number of benzene rings is 2. The lowest BCUT2D eigenvalue weighted by Gasteiger charge is -2.35. The van der Waals surface area contributed by atoms with Crippen molar-refractivity contribution in [3.8, 4) is 0 Å². The molecule has 1 amide bonds. The fraction of sp³-hybridized carbons (Fsp3) is 0.312. The summed E-state index contributed by atoms with van der Waals surface area (Å²) in [5, 5.41) is 12.8. The number of anilines is 2. The van der Waals surface area contributed by atoms with Crippen molar-refractivity contribution >= 4 is 29.0 Å². The molecule has 0 fully saturated rings. The topological polar surface area (TPSA) is 99.6 Å². The summed E-state index contributed by atoms with van der Waals surface area (Å²) in [4.78, 5) is 44.9. The number of carboxylic acids is 1. The molecule has 2 atom stereocenters. The Hall–Kier alpha value is -4.26. The number of para-hydroxylation sites is 2. The fourth-order valence-corrected chi connectivity index (χ4v) is 5.54. The van der Waals surface area contributed by atoms with Crippen molar-refractivity contribution in [3.05, 3.63) is 101 Å². The molecule has 1 aliphatic heterocycles. The summed E-state index contributed by atoms with van der Waals surface area (Å²) >= 11 is 0. The summed E-state index contributed by atoms with van der Waals surface area (Å²) in [5.74, 6) is -1.45. The van der Waals surface area contributed by atoms with E-state index in [9.17, 15) is 19.5 Å². The highest BCUT2D eigenvalue weighted by Gasteiger charge is 2.41. The maximum Gasteiger partial charge on any atom is 0.303 e. The van der Waals surface area contributed by atoms with E-state index in [2.05, 4.69) is 55.3 Å². The van der Waals surface area contributed by atoms with Crippen molar-refractivity contribution in [3.63, 3.8) is 0 Å². The van der Waals surface area contributed by atoms with Crippen LogP contribution in [-0.2, 0) is 19.8 Å². The van der Waals surface area contributed by atoms with Crippen molar-refractivity contribution < 1.29 is 19.5 Å². The first-order valence-electron chi connectivity index (χ1n) is 13.3. The van der Waals surface area contributed by atoms with E-state index >= 15 is 0 Å². The first kappa shape index (κ1) is 26.4. The molecule has 2 N–H and O–H groups in total. The molecule has 1 aromatic heterocycles. The average Bonchev–Trinajstić information content (AvgIpc) is 3.06. The molecule has 3 aromatic rings. The highest BCUT2D eigenvalue weighted by molar-refractivity contribution is 6.06. The Morgan fingerprint density at radius 1 is 0.974 bits per heavy atom. The molecule has 0 spiro atoms. The number of nitrogens with zero attached hydrogens (tertiary/aromatic N) is 2. The van der Waals surface area contributed by atoms with E-state index in [1.807, 2.05) is 30.3 Å². The van der Waals surface area contributed by atoms with Gasteiger partial charge >= 0.3 is 5.97 Å². The summed E-state index contributed by atoms with van der Waals surface area (Å²) in [6.07, 6.45) is 3.78. The van der Waals surface area contributed by atoms with Crippen LogP contribution in [0, 0.1) is 0 Å². The quantitative estimate of drug-likeness (QED) is 0.416. The third kappa shape index (κ3) is 5.35. The normalized spacial score (nSPS) is 19.1. The maximum absolute atomic E-state index is 14.0. The monoisotopic (exact) mass is 523 g/mol. The number of rotatable bonds is 5. The molecular weight excluding hydrogens is 490 g/mol. The van der Waals surface area contributed by atoms with Gasteiger partial charge in [0.15, 0.2) is 5.78 Å². The van der Waals surface area contributed by atoms with Crippen LogP contribution in [-0.4, -0.2) is 27.8 Å². The van der Waals surface area contributed by atoms with E-state index in [-0.39, 0.29) is 35.9 Å². The minimum absolute atomic E-state index is 0.00580. The van der Waals surface area contributed by atoms with Crippen molar-refractivity contribution in [1.29, 1.82) is 0 Å². The van der Waals surface area contributed by atoms with E-state index in [1.54, 1.807) is 23.4 Å². The van der Waals surface area contributed by atoms with Crippen LogP contribution in [0.25, 0.3) is 0 Å². The molecule has 0 saturated carbocycles. The van der Waals surface area contributed by atoms with E-state index in [4.69, 9.17) is 0 Å². The number of carboxylic acid groups (broad SMARTS) is 1. The number of Topliss-reactive ketones (excluding diaryl/α,β-unsaturated/α-hetero) is 1. The van der Waals surface area contributed by atoms with Crippen molar-refractivity contribution in [2.45, 2.75) is 63.8 Å². The molecule has 39 heavy (non-hydrogen) atoms. The predicted molar refractivity (Wildman–Crippen MR) is 151 cm³/mol. The van der Waals surface area contributed by atoms with Gasteiger partial charge in [-0.3, -0.25) is 24.3 Å². The molecule has 2 aromatic carbocycles. The Labute approximate surface area is 228 Å². The van der Waals surface area contributed by atoms with E-state index in [1.165, 1.54) is 5.56 Å². The highest BCUT2D eigenvalue weighted by Crippen LogP contribution is 2.47. The summed E-state index contributed by atoms with van der Waals surface area (Å²) in [6.45, 7) is 6.54. The number of ketones is 1. The van der Waals surface area contributed by atoms with Crippen LogP contribution < -0.4 is 10.2 Å². The summed E-state index contributed by atoms with van der Waals surface area (Å²) in [6, 6.07) is 18.9. The number of pyridine rings is 1. The van der Waals surface area contributed by atoms with Crippen molar-refractivity contribution in [1.82, 2.24) is 4.98 Å². The standard InChI is InChI=1S/C32H33N3O4/c1-32(2,3)23-12-10-20(11-13-23)22-17-25-30(27(36)18-22)31(21-7-6-16-33-19-21)35(28(37)14-15-29(38)39)26-9-5-4-8-24(26)34-25/h4-13,16,19,22,31,34H,14-15,17-18H2,1-3H3,(H,38,39)/t22-,31+/m0/s1. The van der Waals surface area contributed by atoms with Gasteiger partial charge in [0.2, 0.25) is 5.91 Å². The smallest absolute Gasteiger partial charge is 0.303 e. The van der Waals surface area contributed by atoms with Gasteiger partial charge in [0.05, 0.1) is 23.8 Å². The minimum Gasteiger partial charge on any atom is -0.481 e. The molecule has 0 saturated heterocycles. The molecule has 7 nitrogen and oxygen atoms in total. The van der Waals surface area contributed by atoms with Crippen LogP contribution in [0.5, 0.6) is 0 Å². The van der Waals surface area contributed by atoms with Crippen molar-refractivity contribution in [2.75, 3.05) is 10.2 Å². The van der Waals surface area contributed by atoms with Crippen LogP contribution in [0.15, 0.2) is 84.3 Å². The number of nitrogens with one attached hydrogen (secondary N) is 1. The maximum atomic E-state index is 14.0. The summed E-state index contributed by atoms with van der Waals surface area (Å²) < 4.78 is 0. The Kier molecular flexibility index (Phi) is 7.08. The van der Waals surface area contributed by atoms with Crippen LogP contribution in [0.2, 0.25) is 0 Å².